The highest BCUT2D eigenvalue weighted by Gasteiger charge is 2.13. The highest BCUT2D eigenvalue weighted by atomic mass is 35.5. The number of aromatic nitrogens is 2. The molecule has 5 nitrogen and oxygen atoms in total. The van der Waals surface area contributed by atoms with Gasteiger partial charge in [-0.25, -0.2) is 0 Å². The van der Waals surface area contributed by atoms with Gasteiger partial charge in [-0.2, -0.15) is 4.98 Å². The molecule has 1 heterocycles. The first-order valence-electron chi connectivity index (χ1n) is 7.56. The quantitative estimate of drug-likeness (QED) is 0.752. The number of carbonyl (C=O) groups excluding carboxylic acids is 1. The maximum Gasteiger partial charge on any atom is 0.227 e. The SMILES string of the molecule is Cc1ccccc1NC(=O)CCc1nc(-c2ccccc2Cl)no1. The maximum absolute atomic E-state index is 12.0. The minimum absolute atomic E-state index is 0.0956. The summed E-state index contributed by atoms with van der Waals surface area (Å²) in [4.78, 5) is 16.3. The van der Waals surface area contributed by atoms with Crippen LogP contribution >= 0.6 is 11.6 Å². The van der Waals surface area contributed by atoms with Crippen LogP contribution in [0, 0.1) is 6.92 Å². The second-order valence-corrected chi connectivity index (χ2v) is 5.76. The Labute approximate surface area is 144 Å². The van der Waals surface area contributed by atoms with Gasteiger partial charge >= 0.3 is 0 Å². The van der Waals surface area contributed by atoms with Gasteiger partial charge in [-0.3, -0.25) is 4.79 Å². The zero-order chi connectivity index (χ0) is 16.9. The highest BCUT2D eigenvalue weighted by Crippen LogP contribution is 2.25. The van der Waals surface area contributed by atoms with Crippen LogP contribution < -0.4 is 5.32 Å². The third-order valence-electron chi connectivity index (χ3n) is 3.57. The number of hydrogen-bond acceptors (Lipinski definition) is 4. The van der Waals surface area contributed by atoms with Crippen molar-refractivity contribution >= 4 is 23.2 Å². The number of benzene rings is 2. The summed E-state index contributed by atoms with van der Waals surface area (Å²) in [7, 11) is 0. The molecule has 1 amide bonds. The van der Waals surface area contributed by atoms with Crippen molar-refractivity contribution in [1.29, 1.82) is 0 Å². The minimum atomic E-state index is -0.0956. The Morgan fingerprint density at radius 2 is 1.92 bits per heavy atom. The van der Waals surface area contributed by atoms with Crippen molar-refractivity contribution in [3.8, 4) is 11.4 Å². The molecule has 24 heavy (non-hydrogen) atoms. The number of rotatable bonds is 5. The Morgan fingerprint density at radius 3 is 2.71 bits per heavy atom. The molecule has 0 aliphatic rings. The lowest BCUT2D eigenvalue weighted by molar-refractivity contribution is -0.116. The van der Waals surface area contributed by atoms with E-state index in [2.05, 4.69) is 15.5 Å². The lowest BCUT2D eigenvalue weighted by Gasteiger charge is -2.06. The van der Waals surface area contributed by atoms with Crippen molar-refractivity contribution in [2.75, 3.05) is 5.32 Å². The van der Waals surface area contributed by atoms with E-state index in [1.165, 1.54) is 0 Å². The molecule has 0 bridgehead atoms. The van der Waals surface area contributed by atoms with Crippen molar-refractivity contribution in [2.45, 2.75) is 19.8 Å². The summed E-state index contributed by atoms with van der Waals surface area (Å²) in [6, 6.07) is 14.9. The summed E-state index contributed by atoms with van der Waals surface area (Å²) in [6.45, 7) is 1.95. The van der Waals surface area contributed by atoms with Crippen LogP contribution in [0.5, 0.6) is 0 Å². The van der Waals surface area contributed by atoms with E-state index in [9.17, 15) is 4.79 Å². The Bertz CT molecular complexity index is 861. The zero-order valence-electron chi connectivity index (χ0n) is 13.1. The first-order valence-corrected chi connectivity index (χ1v) is 7.94. The smallest absolute Gasteiger partial charge is 0.227 e. The summed E-state index contributed by atoms with van der Waals surface area (Å²) < 4.78 is 5.20. The average molecular weight is 342 g/mol. The lowest BCUT2D eigenvalue weighted by atomic mass is 10.2. The van der Waals surface area contributed by atoms with E-state index in [4.69, 9.17) is 16.1 Å². The van der Waals surface area contributed by atoms with Crippen molar-refractivity contribution in [2.24, 2.45) is 0 Å². The van der Waals surface area contributed by atoms with Gasteiger partial charge in [-0.05, 0) is 30.7 Å². The third-order valence-corrected chi connectivity index (χ3v) is 3.90. The number of aryl methyl sites for hydroxylation is 2. The predicted octanol–water partition coefficient (Wildman–Crippen LogP) is 4.27. The van der Waals surface area contributed by atoms with Crippen molar-refractivity contribution in [3.63, 3.8) is 0 Å². The second-order valence-electron chi connectivity index (χ2n) is 5.35. The van der Waals surface area contributed by atoms with Crippen molar-refractivity contribution in [3.05, 3.63) is 65.0 Å². The van der Waals surface area contributed by atoms with Crippen LogP contribution in [-0.4, -0.2) is 16.0 Å². The molecule has 0 saturated heterocycles. The van der Waals surface area contributed by atoms with E-state index in [0.717, 1.165) is 11.3 Å². The topological polar surface area (TPSA) is 68.0 Å². The fourth-order valence-electron chi connectivity index (χ4n) is 2.25. The van der Waals surface area contributed by atoms with Gasteiger partial charge in [0.15, 0.2) is 0 Å². The van der Waals surface area contributed by atoms with Crippen LogP contribution in [0.15, 0.2) is 53.1 Å². The fraction of sp³-hybridized carbons (Fsp3) is 0.167. The van der Waals surface area contributed by atoms with Gasteiger partial charge in [0.2, 0.25) is 17.6 Å². The molecular weight excluding hydrogens is 326 g/mol. The van der Waals surface area contributed by atoms with Crippen LogP contribution in [0.4, 0.5) is 5.69 Å². The van der Waals surface area contributed by atoms with Crippen LogP contribution in [0.1, 0.15) is 17.9 Å². The van der Waals surface area contributed by atoms with E-state index in [1.807, 2.05) is 49.4 Å². The van der Waals surface area contributed by atoms with Gasteiger partial charge in [0.1, 0.15) is 0 Å². The van der Waals surface area contributed by atoms with Crippen molar-refractivity contribution < 1.29 is 9.32 Å². The number of nitrogens with one attached hydrogen (secondary N) is 1. The molecule has 0 atom stereocenters. The number of nitrogens with zero attached hydrogens (tertiary/aromatic N) is 2. The molecule has 0 unspecified atom stereocenters. The van der Waals surface area contributed by atoms with Gasteiger partial charge in [0, 0.05) is 24.1 Å². The minimum Gasteiger partial charge on any atom is -0.339 e. The summed E-state index contributed by atoms with van der Waals surface area (Å²) in [6.07, 6.45) is 0.633. The van der Waals surface area contributed by atoms with E-state index in [0.29, 0.717) is 28.7 Å². The first kappa shape index (κ1) is 16.2. The molecule has 3 aromatic rings. The fourth-order valence-corrected chi connectivity index (χ4v) is 2.47. The van der Waals surface area contributed by atoms with Crippen LogP contribution in [-0.2, 0) is 11.2 Å². The Balaban J connectivity index is 1.61. The van der Waals surface area contributed by atoms with Crippen LogP contribution in [0.2, 0.25) is 5.02 Å². The number of amides is 1. The Kier molecular flexibility index (Phi) is 4.91. The Hall–Kier alpha value is -2.66. The number of para-hydroxylation sites is 1. The lowest BCUT2D eigenvalue weighted by Crippen LogP contribution is -2.13. The molecule has 0 aliphatic carbocycles. The van der Waals surface area contributed by atoms with E-state index >= 15 is 0 Å². The molecule has 3 rings (SSSR count). The standard InChI is InChI=1S/C18H16ClN3O2/c1-12-6-2-5-9-15(12)20-16(23)10-11-17-21-18(22-24-17)13-7-3-4-8-14(13)19/h2-9H,10-11H2,1H3,(H,20,23). The summed E-state index contributed by atoms with van der Waals surface area (Å²) in [5.74, 6) is 0.738. The normalized spacial score (nSPS) is 10.6. The molecule has 1 aromatic heterocycles. The molecule has 0 spiro atoms. The first-order chi connectivity index (χ1) is 11.6. The van der Waals surface area contributed by atoms with Crippen molar-refractivity contribution in [1.82, 2.24) is 10.1 Å². The van der Waals surface area contributed by atoms with Gasteiger partial charge in [-0.1, -0.05) is 47.1 Å². The predicted molar refractivity (Wildman–Crippen MR) is 92.9 cm³/mol. The molecule has 2 aromatic carbocycles. The molecule has 122 valence electrons. The van der Waals surface area contributed by atoms with Crippen LogP contribution in [0.3, 0.4) is 0 Å². The Morgan fingerprint density at radius 1 is 1.17 bits per heavy atom. The molecule has 0 saturated carbocycles. The largest absolute Gasteiger partial charge is 0.339 e. The number of halogens is 1. The average Bonchev–Trinajstić information content (AvgIpc) is 3.04. The zero-order valence-corrected chi connectivity index (χ0v) is 13.9. The number of anilines is 1. The molecular formula is C18H16ClN3O2. The van der Waals surface area contributed by atoms with Gasteiger partial charge in [0.25, 0.3) is 0 Å². The second kappa shape index (κ2) is 7.27. The van der Waals surface area contributed by atoms with Gasteiger partial charge in [0.05, 0.1) is 5.02 Å². The van der Waals surface area contributed by atoms with E-state index in [1.54, 1.807) is 6.07 Å². The van der Waals surface area contributed by atoms with Gasteiger partial charge < -0.3 is 9.84 Å². The van der Waals surface area contributed by atoms with E-state index < -0.39 is 0 Å². The molecule has 0 radical (unpaired) electrons. The highest BCUT2D eigenvalue weighted by molar-refractivity contribution is 6.33. The van der Waals surface area contributed by atoms with Gasteiger partial charge in [-0.15, -0.1) is 0 Å². The molecule has 1 N–H and O–H groups in total. The van der Waals surface area contributed by atoms with Crippen LogP contribution in [0.25, 0.3) is 11.4 Å². The molecule has 0 aliphatic heterocycles. The summed E-state index contributed by atoms with van der Waals surface area (Å²) in [5.41, 5.74) is 2.54. The maximum atomic E-state index is 12.0. The summed E-state index contributed by atoms with van der Waals surface area (Å²) >= 11 is 6.11. The molecule has 6 heteroatoms. The number of carbonyl (C=O) groups is 1. The summed E-state index contributed by atoms with van der Waals surface area (Å²) in [5, 5.41) is 7.36. The molecule has 0 fully saturated rings. The monoisotopic (exact) mass is 341 g/mol. The third kappa shape index (κ3) is 3.81. The number of hydrogen-bond donors (Lipinski definition) is 1. The van der Waals surface area contributed by atoms with E-state index in [-0.39, 0.29) is 12.3 Å².